The molecule has 4 nitrogen and oxygen atoms in total. The zero-order valence-electron chi connectivity index (χ0n) is 11.5. The molecule has 0 bridgehead atoms. The first-order valence-corrected chi connectivity index (χ1v) is 7.32. The normalized spacial score (nSPS) is 25.2. The number of nitrogens with zero attached hydrogens (tertiary/aromatic N) is 1. The highest BCUT2D eigenvalue weighted by Crippen LogP contribution is 2.32. The number of hydrogen-bond acceptors (Lipinski definition) is 3. The molecule has 20 heavy (non-hydrogen) atoms. The van der Waals surface area contributed by atoms with Crippen LogP contribution in [-0.4, -0.2) is 29.0 Å². The van der Waals surface area contributed by atoms with Gasteiger partial charge >= 0.3 is 6.09 Å². The van der Waals surface area contributed by atoms with E-state index in [2.05, 4.69) is 0 Å². The van der Waals surface area contributed by atoms with Crippen LogP contribution in [0.4, 0.5) is 4.79 Å². The van der Waals surface area contributed by atoms with Crippen LogP contribution in [0, 0.1) is 0 Å². The number of carbonyl (C=O) groups is 2. The van der Waals surface area contributed by atoms with Crippen LogP contribution in [0.2, 0.25) is 0 Å². The van der Waals surface area contributed by atoms with Crippen LogP contribution >= 0.6 is 0 Å². The minimum absolute atomic E-state index is 0.0282. The minimum Gasteiger partial charge on any atom is -0.444 e. The van der Waals surface area contributed by atoms with Crippen molar-refractivity contribution < 1.29 is 14.3 Å². The van der Waals surface area contributed by atoms with E-state index in [9.17, 15) is 9.59 Å². The molecule has 2 aliphatic rings. The lowest BCUT2D eigenvalue weighted by atomic mass is 9.92. The molecule has 4 heteroatoms. The maximum absolute atomic E-state index is 12.3. The average Bonchev–Trinajstić information content (AvgIpc) is 2.82. The second-order valence-corrected chi connectivity index (χ2v) is 5.52. The third kappa shape index (κ3) is 2.55. The molecule has 1 aliphatic heterocycles. The highest BCUT2D eigenvalue weighted by Gasteiger charge is 2.45. The van der Waals surface area contributed by atoms with Gasteiger partial charge in [-0.15, -0.1) is 0 Å². The summed E-state index contributed by atoms with van der Waals surface area (Å²) < 4.78 is 5.32. The molecule has 3 rings (SSSR count). The van der Waals surface area contributed by atoms with Crippen LogP contribution in [0.3, 0.4) is 0 Å². The summed E-state index contributed by atoms with van der Waals surface area (Å²) in [5.74, 6) is -0.103. The van der Waals surface area contributed by atoms with Crippen LogP contribution in [0.1, 0.15) is 37.7 Å². The zero-order chi connectivity index (χ0) is 13.9. The Morgan fingerprint density at radius 3 is 2.75 bits per heavy atom. The molecule has 0 N–H and O–H groups in total. The predicted octanol–water partition coefficient (Wildman–Crippen LogP) is 2.91. The highest BCUT2D eigenvalue weighted by molar-refractivity contribution is 5.93. The van der Waals surface area contributed by atoms with E-state index in [1.165, 1.54) is 4.90 Å². The Morgan fingerprint density at radius 2 is 1.95 bits per heavy atom. The Kier molecular flexibility index (Phi) is 3.72. The van der Waals surface area contributed by atoms with Crippen LogP contribution in [0.25, 0.3) is 0 Å². The van der Waals surface area contributed by atoms with Crippen molar-refractivity contribution in [3.05, 3.63) is 35.9 Å². The number of aryl methyl sites for hydroxylation is 1. The summed E-state index contributed by atoms with van der Waals surface area (Å²) in [6.45, 7) is 0. The van der Waals surface area contributed by atoms with Gasteiger partial charge in [0.1, 0.15) is 6.10 Å². The Hall–Kier alpha value is -1.84. The number of rotatable bonds is 3. The quantitative estimate of drug-likeness (QED) is 0.850. The van der Waals surface area contributed by atoms with E-state index in [0.717, 1.165) is 31.2 Å². The first-order valence-electron chi connectivity index (χ1n) is 7.32. The van der Waals surface area contributed by atoms with E-state index in [1.54, 1.807) is 0 Å². The molecule has 1 aromatic rings. The van der Waals surface area contributed by atoms with Gasteiger partial charge < -0.3 is 4.74 Å². The fourth-order valence-corrected chi connectivity index (χ4v) is 3.13. The molecule has 1 heterocycles. The first-order chi connectivity index (χ1) is 9.75. The number of imide groups is 1. The lowest BCUT2D eigenvalue weighted by molar-refractivity contribution is -0.129. The smallest absolute Gasteiger partial charge is 0.417 e. The SMILES string of the molecule is O=C(CCc1ccccc1)N1C(=O)O[C@@H]2CCCC[C@@H]21. The number of carbonyl (C=O) groups excluding carboxylic acids is 2. The molecule has 0 radical (unpaired) electrons. The molecule has 2 amide bonds. The molecule has 2 atom stereocenters. The number of fused-ring (bicyclic) bond motifs is 1. The van der Waals surface area contributed by atoms with Crippen molar-refractivity contribution in [3.63, 3.8) is 0 Å². The topological polar surface area (TPSA) is 46.6 Å². The van der Waals surface area contributed by atoms with E-state index in [-0.39, 0.29) is 18.1 Å². The number of hydrogen-bond donors (Lipinski definition) is 0. The molecular formula is C16H19NO3. The van der Waals surface area contributed by atoms with E-state index >= 15 is 0 Å². The van der Waals surface area contributed by atoms with Gasteiger partial charge in [0.2, 0.25) is 5.91 Å². The third-order valence-corrected chi connectivity index (χ3v) is 4.19. The zero-order valence-corrected chi connectivity index (χ0v) is 11.5. The van der Waals surface area contributed by atoms with E-state index in [4.69, 9.17) is 4.74 Å². The van der Waals surface area contributed by atoms with Crippen molar-refractivity contribution in [3.8, 4) is 0 Å². The number of amides is 2. The van der Waals surface area contributed by atoms with Crippen LogP contribution < -0.4 is 0 Å². The van der Waals surface area contributed by atoms with Crippen molar-refractivity contribution in [1.82, 2.24) is 4.90 Å². The molecule has 1 saturated heterocycles. The largest absolute Gasteiger partial charge is 0.444 e. The van der Waals surface area contributed by atoms with Gasteiger partial charge in [-0.3, -0.25) is 4.79 Å². The van der Waals surface area contributed by atoms with Gasteiger partial charge in [-0.25, -0.2) is 9.69 Å². The Balaban J connectivity index is 1.63. The summed E-state index contributed by atoms with van der Waals surface area (Å²) in [7, 11) is 0. The molecule has 1 aliphatic carbocycles. The summed E-state index contributed by atoms with van der Waals surface area (Å²) in [5.41, 5.74) is 1.12. The van der Waals surface area contributed by atoms with Gasteiger partial charge in [0, 0.05) is 6.42 Å². The number of benzene rings is 1. The van der Waals surface area contributed by atoms with E-state index in [0.29, 0.717) is 12.8 Å². The van der Waals surface area contributed by atoms with Gasteiger partial charge in [0.25, 0.3) is 0 Å². The monoisotopic (exact) mass is 273 g/mol. The van der Waals surface area contributed by atoms with E-state index in [1.807, 2.05) is 30.3 Å². The van der Waals surface area contributed by atoms with Gasteiger partial charge in [0.15, 0.2) is 0 Å². The second-order valence-electron chi connectivity index (χ2n) is 5.52. The Labute approximate surface area is 118 Å². The molecule has 2 fully saturated rings. The molecule has 1 saturated carbocycles. The Morgan fingerprint density at radius 1 is 1.20 bits per heavy atom. The first kappa shape index (κ1) is 13.2. The highest BCUT2D eigenvalue weighted by atomic mass is 16.6. The molecular weight excluding hydrogens is 254 g/mol. The maximum Gasteiger partial charge on any atom is 0.417 e. The minimum atomic E-state index is -0.444. The van der Waals surface area contributed by atoms with Crippen molar-refractivity contribution in [2.45, 2.75) is 50.7 Å². The molecule has 0 aromatic heterocycles. The average molecular weight is 273 g/mol. The summed E-state index contributed by atoms with van der Waals surface area (Å²) in [5, 5.41) is 0. The lowest BCUT2D eigenvalue weighted by Crippen LogP contribution is -2.42. The van der Waals surface area contributed by atoms with Gasteiger partial charge in [-0.05, 0) is 31.2 Å². The summed E-state index contributed by atoms with van der Waals surface area (Å²) in [6, 6.07) is 9.84. The molecule has 0 unspecified atom stereocenters. The summed E-state index contributed by atoms with van der Waals surface area (Å²) in [6.07, 6.45) is 4.44. The van der Waals surface area contributed by atoms with Crippen LogP contribution in [0.15, 0.2) is 30.3 Å². The van der Waals surface area contributed by atoms with Crippen molar-refractivity contribution in [1.29, 1.82) is 0 Å². The fourth-order valence-electron chi connectivity index (χ4n) is 3.13. The standard InChI is InChI=1S/C16H19NO3/c18-15(11-10-12-6-2-1-3-7-12)17-13-8-4-5-9-14(13)20-16(17)19/h1-3,6-7,13-14H,4-5,8-11H2/t13-,14+/m0/s1. The number of ether oxygens (including phenoxy) is 1. The van der Waals surface area contributed by atoms with Crippen LogP contribution in [-0.2, 0) is 16.0 Å². The van der Waals surface area contributed by atoms with Gasteiger partial charge in [-0.2, -0.15) is 0 Å². The van der Waals surface area contributed by atoms with Crippen molar-refractivity contribution in [2.24, 2.45) is 0 Å². The van der Waals surface area contributed by atoms with Gasteiger partial charge in [0.05, 0.1) is 6.04 Å². The molecule has 1 aromatic carbocycles. The lowest BCUT2D eigenvalue weighted by Gasteiger charge is -2.26. The van der Waals surface area contributed by atoms with Crippen molar-refractivity contribution >= 4 is 12.0 Å². The van der Waals surface area contributed by atoms with Gasteiger partial charge in [-0.1, -0.05) is 36.8 Å². The van der Waals surface area contributed by atoms with Crippen molar-refractivity contribution in [2.75, 3.05) is 0 Å². The van der Waals surface area contributed by atoms with E-state index < -0.39 is 6.09 Å². The summed E-state index contributed by atoms with van der Waals surface area (Å²) in [4.78, 5) is 25.6. The van der Waals surface area contributed by atoms with Crippen LogP contribution in [0.5, 0.6) is 0 Å². The fraction of sp³-hybridized carbons (Fsp3) is 0.500. The second kappa shape index (κ2) is 5.65. The molecule has 0 spiro atoms. The maximum atomic E-state index is 12.3. The Bertz CT molecular complexity index is 500. The molecule has 106 valence electrons. The third-order valence-electron chi connectivity index (χ3n) is 4.19. The predicted molar refractivity (Wildman–Crippen MR) is 74.1 cm³/mol. The summed E-state index contributed by atoms with van der Waals surface area (Å²) >= 11 is 0.